The molecule has 1 unspecified atom stereocenters. The summed E-state index contributed by atoms with van der Waals surface area (Å²) in [5.41, 5.74) is 1.85. The molecule has 0 fully saturated rings. The Kier molecular flexibility index (Phi) is 7.16. The van der Waals surface area contributed by atoms with Gasteiger partial charge in [0.05, 0.1) is 40.2 Å². The molecule has 1 aliphatic heterocycles. The number of thioether (sulfide) groups is 1. The molecule has 0 saturated carbocycles. The third-order valence-corrected chi connectivity index (χ3v) is 6.05. The molecule has 1 atom stereocenters. The van der Waals surface area contributed by atoms with Gasteiger partial charge >= 0.3 is 5.97 Å². The van der Waals surface area contributed by atoms with Crippen LogP contribution in [0.25, 0.3) is 0 Å². The molecule has 0 spiro atoms. The predicted octanol–water partition coefficient (Wildman–Crippen LogP) is 4.95. The number of rotatable bonds is 7. The number of amides is 1. The number of nitrogens with one attached hydrogen (secondary N) is 2. The molecule has 34 heavy (non-hydrogen) atoms. The summed E-state index contributed by atoms with van der Waals surface area (Å²) >= 11 is 1.14. The second kappa shape index (κ2) is 10.6. The highest BCUT2D eigenvalue weighted by molar-refractivity contribution is 8.03. The van der Waals surface area contributed by atoms with Gasteiger partial charge in [-0.1, -0.05) is 48.2 Å². The van der Waals surface area contributed by atoms with E-state index in [1.54, 1.807) is 55.5 Å². The van der Waals surface area contributed by atoms with Crippen molar-refractivity contribution < 1.29 is 18.7 Å². The minimum absolute atomic E-state index is 0.0217. The number of esters is 1. The summed E-state index contributed by atoms with van der Waals surface area (Å²) in [6.07, 6.45) is 1.50. The number of para-hydroxylation sites is 2. The second-order valence-electron chi connectivity index (χ2n) is 7.36. The van der Waals surface area contributed by atoms with Crippen LogP contribution in [0.2, 0.25) is 0 Å². The molecule has 1 aliphatic rings. The average molecular weight is 472 g/mol. The average Bonchev–Trinajstić information content (AvgIpc) is 3.38. The van der Waals surface area contributed by atoms with Gasteiger partial charge in [0.15, 0.2) is 0 Å². The number of nitrogens with zero attached hydrogens (tertiary/aromatic N) is 1. The van der Waals surface area contributed by atoms with E-state index >= 15 is 0 Å². The van der Waals surface area contributed by atoms with E-state index in [4.69, 9.17) is 9.15 Å². The topological polar surface area (TPSA) is 104 Å². The highest BCUT2D eigenvalue weighted by Crippen LogP contribution is 2.41. The van der Waals surface area contributed by atoms with Crippen molar-refractivity contribution >= 4 is 29.3 Å². The molecule has 0 radical (unpaired) electrons. The number of nitriles is 1. The van der Waals surface area contributed by atoms with Crippen molar-refractivity contribution in [2.45, 2.75) is 12.8 Å². The van der Waals surface area contributed by atoms with Crippen molar-refractivity contribution in [2.75, 3.05) is 11.1 Å². The van der Waals surface area contributed by atoms with E-state index in [-0.39, 0.29) is 17.2 Å². The number of anilines is 1. The lowest BCUT2D eigenvalue weighted by molar-refractivity contribution is -0.131. The molecular formula is C26H21N3O4S. The first-order valence-electron chi connectivity index (χ1n) is 10.5. The summed E-state index contributed by atoms with van der Waals surface area (Å²) in [5, 5.41) is 16.5. The Morgan fingerprint density at radius 1 is 1.09 bits per heavy atom. The number of allylic oxidation sites excluding steroid dienone is 2. The van der Waals surface area contributed by atoms with Crippen LogP contribution in [0.5, 0.6) is 5.75 Å². The van der Waals surface area contributed by atoms with Crippen molar-refractivity contribution in [1.29, 1.82) is 5.26 Å². The third kappa shape index (κ3) is 5.22. The Hall–Kier alpha value is -4.22. The van der Waals surface area contributed by atoms with Gasteiger partial charge in [-0.3, -0.25) is 9.59 Å². The number of furan rings is 1. The maximum absolute atomic E-state index is 13.3. The lowest BCUT2D eigenvalue weighted by Gasteiger charge is -2.28. The highest BCUT2D eigenvalue weighted by atomic mass is 32.2. The van der Waals surface area contributed by atoms with Crippen molar-refractivity contribution in [3.8, 4) is 11.8 Å². The first-order valence-corrected chi connectivity index (χ1v) is 11.5. The van der Waals surface area contributed by atoms with Crippen molar-refractivity contribution in [1.82, 2.24) is 5.32 Å². The molecular weight excluding hydrogens is 450 g/mol. The van der Waals surface area contributed by atoms with Crippen LogP contribution in [0.4, 0.5) is 5.69 Å². The molecule has 4 rings (SSSR count). The molecule has 7 nitrogen and oxygen atoms in total. The molecule has 1 aromatic heterocycles. The maximum Gasteiger partial charge on any atom is 0.321 e. The standard InChI is InChI=1S/C26H21N3O4S/c1-17-23(25(31)29-18-9-4-2-5-10-18)24(21-13-8-14-32-21)20(15-27)26(28-17)34-16-22(30)33-19-11-6-3-7-12-19/h2-14,24,28H,16H2,1H3,(H,29,31). The van der Waals surface area contributed by atoms with Crippen LogP contribution >= 0.6 is 11.8 Å². The minimum Gasteiger partial charge on any atom is -0.468 e. The number of carbonyl (C=O) groups excluding carboxylic acids is 2. The fourth-order valence-corrected chi connectivity index (χ4v) is 4.43. The quantitative estimate of drug-likeness (QED) is 0.371. The summed E-state index contributed by atoms with van der Waals surface area (Å²) in [4.78, 5) is 25.6. The molecule has 2 aromatic carbocycles. The minimum atomic E-state index is -0.724. The van der Waals surface area contributed by atoms with Gasteiger partial charge in [0, 0.05) is 11.4 Å². The zero-order valence-electron chi connectivity index (χ0n) is 18.3. The Bertz CT molecular complexity index is 1280. The van der Waals surface area contributed by atoms with Gasteiger partial charge in [-0.2, -0.15) is 5.26 Å². The first kappa shape index (κ1) is 23.0. The third-order valence-electron chi connectivity index (χ3n) is 5.06. The van der Waals surface area contributed by atoms with Crippen LogP contribution in [0.1, 0.15) is 18.6 Å². The monoisotopic (exact) mass is 471 g/mol. The van der Waals surface area contributed by atoms with Gasteiger partial charge in [-0.05, 0) is 43.3 Å². The summed E-state index contributed by atoms with van der Waals surface area (Å²) in [5.74, 6) is -0.641. The fourth-order valence-electron chi connectivity index (χ4n) is 3.57. The summed E-state index contributed by atoms with van der Waals surface area (Å²) < 4.78 is 10.9. The number of carbonyl (C=O) groups is 2. The molecule has 2 heterocycles. The Morgan fingerprint density at radius 3 is 2.44 bits per heavy atom. The van der Waals surface area contributed by atoms with E-state index in [0.29, 0.717) is 33.5 Å². The van der Waals surface area contributed by atoms with E-state index in [1.165, 1.54) is 6.26 Å². The van der Waals surface area contributed by atoms with Crippen LogP contribution < -0.4 is 15.4 Å². The van der Waals surface area contributed by atoms with Crippen LogP contribution in [0, 0.1) is 11.3 Å². The fraction of sp³-hybridized carbons (Fsp3) is 0.115. The lowest BCUT2D eigenvalue weighted by Crippen LogP contribution is -2.31. The van der Waals surface area contributed by atoms with Crippen LogP contribution in [0.3, 0.4) is 0 Å². The van der Waals surface area contributed by atoms with Crippen molar-refractivity contribution in [2.24, 2.45) is 0 Å². The van der Waals surface area contributed by atoms with Crippen LogP contribution in [0.15, 0.2) is 105 Å². The van der Waals surface area contributed by atoms with Gasteiger partial charge < -0.3 is 19.8 Å². The van der Waals surface area contributed by atoms with Crippen molar-refractivity contribution in [3.63, 3.8) is 0 Å². The molecule has 0 saturated heterocycles. The van der Waals surface area contributed by atoms with Crippen molar-refractivity contribution in [3.05, 3.63) is 107 Å². The number of ether oxygens (including phenoxy) is 1. The highest BCUT2D eigenvalue weighted by Gasteiger charge is 2.36. The molecule has 1 amide bonds. The van der Waals surface area contributed by atoms with Crippen LogP contribution in [-0.2, 0) is 9.59 Å². The SMILES string of the molecule is CC1=C(C(=O)Nc2ccccc2)C(c2ccco2)C(C#N)=C(SCC(=O)Oc2ccccc2)N1. The zero-order valence-corrected chi connectivity index (χ0v) is 19.1. The van der Waals surface area contributed by atoms with E-state index < -0.39 is 11.9 Å². The number of hydrogen-bond donors (Lipinski definition) is 2. The number of dihydropyridines is 1. The van der Waals surface area contributed by atoms with E-state index in [1.807, 2.05) is 24.3 Å². The maximum atomic E-state index is 13.3. The Balaban J connectivity index is 1.59. The lowest BCUT2D eigenvalue weighted by atomic mass is 9.85. The second-order valence-corrected chi connectivity index (χ2v) is 8.35. The predicted molar refractivity (Wildman–Crippen MR) is 130 cm³/mol. The summed E-state index contributed by atoms with van der Waals surface area (Å²) in [7, 11) is 0. The Labute approximate surface area is 201 Å². The summed E-state index contributed by atoms with van der Waals surface area (Å²) in [6, 6.07) is 23.5. The van der Waals surface area contributed by atoms with Crippen LogP contribution in [-0.4, -0.2) is 17.6 Å². The molecule has 170 valence electrons. The van der Waals surface area contributed by atoms with Gasteiger partial charge in [0.25, 0.3) is 5.91 Å². The Morgan fingerprint density at radius 2 is 1.79 bits per heavy atom. The van der Waals surface area contributed by atoms with E-state index in [0.717, 1.165) is 11.8 Å². The molecule has 2 N–H and O–H groups in total. The molecule has 3 aromatic rings. The largest absolute Gasteiger partial charge is 0.468 e. The van der Waals surface area contributed by atoms with Gasteiger partial charge in [0.1, 0.15) is 11.5 Å². The number of hydrogen-bond acceptors (Lipinski definition) is 7. The zero-order chi connectivity index (χ0) is 23.9. The molecule has 8 heteroatoms. The number of benzene rings is 2. The van der Waals surface area contributed by atoms with Gasteiger partial charge in [0.2, 0.25) is 0 Å². The van der Waals surface area contributed by atoms with Gasteiger partial charge in [-0.25, -0.2) is 0 Å². The smallest absolute Gasteiger partial charge is 0.321 e. The van der Waals surface area contributed by atoms with E-state index in [9.17, 15) is 14.9 Å². The summed E-state index contributed by atoms with van der Waals surface area (Å²) in [6.45, 7) is 1.76. The molecule has 0 bridgehead atoms. The molecule has 0 aliphatic carbocycles. The van der Waals surface area contributed by atoms with E-state index in [2.05, 4.69) is 16.7 Å². The normalized spacial score (nSPS) is 15.4. The first-order chi connectivity index (χ1) is 16.6. The van der Waals surface area contributed by atoms with Gasteiger partial charge in [-0.15, -0.1) is 0 Å².